The first-order valence-corrected chi connectivity index (χ1v) is 2.83. The van der Waals surface area contributed by atoms with Gasteiger partial charge in [-0.15, -0.1) is 11.6 Å². The zero-order valence-electron chi connectivity index (χ0n) is 3.93. The molecule has 0 aliphatic carbocycles. The Hall–Kier alpha value is -0.170. The summed E-state index contributed by atoms with van der Waals surface area (Å²) in [5.41, 5.74) is 0. The lowest BCUT2D eigenvalue weighted by Gasteiger charge is -2.01. The summed E-state index contributed by atoms with van der Waals surface area (Å²) in [6, 6.07) is 0. The predicted octanol–water partition coefficient (Wildman–Crippen LogP) is 1.53. The first-order valence-electron chi connectivity index (χ1n) is 2.30. The molecule has 0 saturated carbocycles. The van der Waals surface area contributed by atoms with Crippen molar-refractivity contribution in [3.05, 3.63) is 12.3 Å². The van der Waals surface area contributed by atoms with Gasteiger partial charge >= 0.3 is 0 Å². The van der Waals surface area contributed by atoms with Crippen LogP contribution in [-0.4, -0.2) is 12.0 Å². The van der Waals surface area contributed by atoms with Crippen molar-refractivity contribution in [3.63, 3.8) is 0 Å². The third-order valence-electron chi connectivity index (χ3n) is 0.938. The fourth-order valence-corrected chi connectivity index (χ4v) is 0.728. The Morgan fingerprint density at radius 1 is 1.86 bits per heavy atom. The first kappa shape index (κ1) is 4.98. The molecule has 0 saturated heterocycles. The van der Waals surface area contributed by atoms with Gasteiger partial charge in [0.25, 0.3) is 0 Å². The number of ether oxygens (including phenoxy) is 1. The average molecular weight is 119 g/mol. The van der Waals surface area contributed by atoms with Crippen molar-refractivity contribution in [1.82, 2.24) is 0 Å². The lowest BCUT2D eigenvalue weighted by Crippen LogP contribution is -2.04. The molecule has 0 radical (unpaired) electrons. The molecular weight excluding hydrogens is 112 g/mol. The van der Waals surface area contributed by atoms with Gasteiger partial charge < -0.3 is 4.74 Å². The lowest BCUT2D eigenvalue weighted by molar-refractivity contribution is 0.192. The number of alkyl halides is 1. The molecule has 1 aliphatic heterocycles. The molecule has 0 N–H and O–H groups in total. The van der Waals surface area contributed by atoms with E-state index in [0.29, 0.717) is 5.88 Å². The molecule has 0 aromatic heterocycles. The maximum Gasteiger partial charge on any atom is 0.115 e. The van der Waals surface area contributed by atoms with Crippen LogP contribution in [0.4, 0.5) is 0 Å². The molecule has 1 nitrogen and oxygen atoms in total. The van der Waals surface area contributed by atoms with Gasteiger partial charge in [-0.1, -0.05) is 0 Å². The van der Waals surface area contributed by atoms with Crippen LogP contribution < -0.4 is 0 Å². The van der Waals surface area contributed by atoms with E-state index in [1.54, 1.807) is 6.26 Å². The molecule has 1 unspecified atom stereocenters. The largest absolute Gasteiger partial charge is 0.497 e. The maximum atomic E-state index is 5.44. The van der Waals surface area contributed by atoms with E-state index in [1.807, 2.05) is 6.08 Å². The summed E-state index contributed by atoms with van der Waals surface area (Å²) in [4.78, 5) is 0. The normalized spacial score (nSPS) is 27.9. The second kappa shape index (κ2) is 2.22. The molecule has 0 fully saturated rings. The predicted molar refractivity (Wildman–Crippen MR) is 29.3 cm³/mol. The molecule has 0 bridgehead atoms. The fraction of sp³-hybridized carbons (Fsp3) is 0.600. The molecule has 0 aromatic rings. The van der Waals surface area contributed by atoms with Crippen LogP contribution in [0.5, 0.6) is 0 Å². The molecule has 0 aromatic carbocycles. The Labute approximate surface area is 47.9 Å². The summed E-state index contributed by atoms with van der Waals surface area (Å²) >= 11 is 5.44. The topological polar surface area (TPSA) is 9.23 Å². The third-order valence-corrected chi connectivity index (χ3v) is 1.28. The fourth-order valence-electron chi connectivity index (χ4n) is 0.529. The highest BCUT2D eigenvalue weighted by Gasteiger charge is 2.07. The van der Waals surface area contributed by atoms with Crippen LogP contribution >= 0.6 is 11.6 Å². The second-order valence-corrected chi connectivity index (χ2v) is 1.83. The minimum atomic E-state index is 0.252. The lowest BCUT2D eigenvalue weighted by atomic mass is 10.3. The van der Waals surface area contributed by atoms with E-state index in [-0.39, 0.29) is 6.10 Å². The summed E-state index contributed by atoms with van der Waals surface area (Å²) in [5.74, 6) is 0.604. The average Bonchev–Trinajstić information content (AvgIpc) is 2.14. The van der Waals surface area contributed by atoms with Gasteiger partial charge in [-0.3, -0.25) is 0 Å². The van der Waals surface area contributed by atoms with E-state index in [9.17, 15) is 0 Å². The van der Waals surface area contributed by atoms with Gasteiger partial charge in [0, 0.05) is 6.42 Å². The van der Waals surface area contributed by atoms with Crippen molar-refractivity contribution in [2.45, 2.75) is 12.5 Å². The molecule has 7 heavy (non-hydrogen) atoms. The molecule has 1 heterocycles. The molecule has 2 heteroatoms. The van der Waals surface area contributed by atoms with Crippen molar-refractivity contribution >= 4 is 11.6 Å². The van der Waals surface area contributed by atoms with E-state index in [1.165, 1.54) is 0 Å². The van der Waals surface area contributed by atoms with Crippen molar-refractivity contribution in [3.8, 4) is 0 Å². The van der Waals surface area contributed by atoms with Gasteiger partial charge in [0.15, 0.2) is 0 Å². The SMILES string of the molecule is ClCC1CC=CO1. The minimum Gasteiger partial charge on any atom is -0.497 e. The van der Waals surface area contributed by atoms with E-state index in [4.69, 9.17) is 16.3 Å². The van der Waals surface area contributed by atoms with Crippen molar-refractivity contribution in [2.24, 2.45) is 0 Å². The van der Waals surface area contributed by atoms with Crippen LogP contribution in [0.1, 0.15) is 6.42 Å². The van der Waals surface area contributed by atoms with E-state index < -0.39 is 0 Å². The molecule has 0 amide bonds. The van der Waals surface area contributed by atoms with Gasteiger partial charge in [-0.2, -0.15) is 0 Å². The Balaban J connectivity index is 2.22. The van der Waals surface area contributed by atoms with Gasteiger partial charge in [-0.25, -0.2) is 0 Å². The van der Waals surface area contributed by atoms with Gasteiger partial charge in [0.2, 0.25) is 0 Å². The second-order valence-electron chi connectivity index (χ2n) is 1.52. The van der Waals surface area contributed by atoms with E-state index in [0.717, 1.165) is 6.42 Å². The zero-order chi connectivity index (χ0) is 5.11. The summed E-state index contributed by atoms with van der Waals surface area (Å²) in [5, 5.41) is 0. The Kier molecular flexibility index (Phi) is 1.58. The first-order chi connectivity index (χ1) is 3.43. The molecule has 0 spiro atoms. The van der Waals surface area contributed by atoms with Crippen LogP contribution in [0, 0.1) is 0 Å². The Morgan fingerprint density at radius 2 is 2.71 bits per heavy atom. The molecule has 40 valence electrons. The van der Waals surface area contributed by atoms with Gasteiger partial charge in [-0.05, 0) is 6.08 Å². The molecule has 1 rings (SSSR count). The van der Waals surface area contributed by atoms with E-state index >= 15 is 0 Å². The number of rotatable bonds is 1. The van der Waals surface area contributed by atoms with Crippen LogP contribution in [0.2, 0.25) is 0 Å². The summed E-state index contributed by atoms with van der Waals surface area (Å²) < 4.78 is 4.99. The van der Waals surface area contributed by atoms with Crippen molar-refractivity contribution in [1.29, 1.82) is 0 Å². The van der Waals surface area contributed by atoms with Gasteiger partial charge in [0.05, 0.1) is 12.1 Å². The zero-order valence-corrected chi connectivity index (χ0v) is 4.69. The van der Waals surface area contributed by atoms with Crippen LogP contribution in [-0.2, 0) is 4.74 Å². The van der Waals surface area contributed by atoms with Crippen LogP contribution in [0.25, 0.3) is 0 Å². The van der Waals surface area contributed by atoms with Crippen molar-refractivity contribution < 1.29 is 4.74 Å². The standard InChI is InChI=1S/C5H7ClO/c6-4-5-2-1-3-7-5/h1,3,5H,2,4H2. The minimum absolute atomic E-state index is 0.252. The van der Waals surface area contributed by atoms with Gasteiger partial charge in [0.1, 0.15) is 6.10 Å². The highest BCUT2D eigenvalue weighted by atomic mass is 35.5. The Morgan fingerprint density at radius 3 is 3.00 bits per heavy atom. The summed E-state index contributed by atoms with van der Waals surface area (Å²) in [7, 11) is 0. The maximum absolute atomic E-state index is 5.44. The molecule has 1 aliphatic rings. The highest BCUT2D eigenvalue weighted by molar-refractivity contribution is 6.18. The van der Waals surface area contributed by atoms with E-state index in [2.05, 4.69) is 0 Å². The van der Waals surface area contributed by atoms with Crippen LogP contribution in [0.15, 0.2) is 12.3 Å². The number of hydrogen-bond acceptors (Lipinski definition) is 1. The monoisotopic (exact) mass is 118 g/mol. The number of halogens is 1. The number of hydrogen-bond donors (Lipinski definition) is 0. The Bertz CT molecular complexity index is 72.1. The third kappa shape index (κ3) is 1.10. The highest BCUT2D eigenvalue weighted by Crippen LogP contribution is 2.08. The quantitative estimate of drug-likeness (QED) is 0.475. The summed E-state index contributed by atoms with van der Waals surface area (Å²) in [6.45, 7) is 0. The van der Waals surface area contributed by atoms with Crippen LogP contribution in [0.3, 0.4) is 0 Å². The molecular formula is C5H7ClO. The smallest absolute Gasteiger partial charge is 0.115 e. The van der Waals surface area contributed by atoms with Crippen molar-refractivity contribution in [2.75, 3.05) is 5.88 Å². The molecule has 1 atom stereocenters. The summed E-state index contributed by atoms with van der Waals surface area (Å²) in [6.07, 6.45) is 4.91.